The number of piperidine rings is 1. The van der Waals surface area contributed by atoms with Gasteiger partial charge in [0.2, 0.25) is 0 Å². The molecule has 0 bridgehead atoms. The molecule has 2 aliphatic rings. The third-order valence-electron chi connectivity index (χ3n) is 5.37. The average Bonchev–Trinajstić information content (AvgIpc) is 2.66. The number of carbonyl (C=O) groups excluding carboxylic acids is 1. The zero-order valence-electron chi connectivity index (χ0n) is 15.2. The minimum atomic E-state index is -0.421. The highest BCUT2D eigenvalue weighted by molar-refractivity contribution is 5.85. The summed E-state index contributed by atoms with van der Waals surface area (Å²) in [5.41, 5.74) is 1.77. The molecule has 2 aromatic rings. The summed E-state index contributed by atoms with van der Waals surface area (Å²) in [5, 5.41) is 0. The van der Waals surface area contributed by atoms with E-state index in [2.05, 4.69) is 0 Å². The van der Waals surface area contributed by atoms with Gasteiger partial charge in [0, 0.05) is 11.1 Å². The van der Waals surface area contributed by atoms with E-state index in [-0.39, 0.29) is 12.1 Å². The van der Waals surface area contributed by atoms with Gasteiger partial charge in [-0.1, -0.05) is 36.4 Å². The van der Waals surface area contributed by atoms with Crippen LogP contribution in [-0.4, -0.2) is 31.7 Å². The van der Waals surface area contributed by atoms with Crippen LogP contribution in [0.15, 0.2) is 48.5 Å². The quantitative estimate of drug-likeness (QED) is 0.860. The monoisotopic (exact) mass is 352 g/mol. The molecule has 0 aliphatic carbocycles. The maximum Gasteiger partial charge on any atom is 0.318 e. The first-order chi connectivity index (χ1) is 12.7. The summed E-state index contributed by atoms with van der Waals surface area (Å²) in [6.07, 6.45) is 3.79. The first-order valence-corrected chi connectivity index (χ1v) is 9.62. The lowest BCUT2D eigenvalue weighted by atomic mass is 9.88. The summed E-state index contributed by atoms with van der Waals surface area (Å²) in [6, 6.07) is 15.5. The Morgan fingerprint density at radius 3 is 2.23 bits per heavy atom. The molecule has 26 heavy (non-hydrogen) atoms. The lowest BCUT2D eigenvalue weighted by Gasteiger charge is -2.29. The number of likely N-dealkylation sites (tertiary alicyclic amines) is 1. The number of rotatable bonds is 4. The minimum absolute atomic E-state index is 0.0854. The van der Waals surface area contributed by atoms with Crippen molar-refractivity contribution in [3.8, 4) is 11.5 Å². The smallest absolute Gasteiger partial charge is 0.318 e. The fourth-order valence-corrected chi connectivity index (χ4v) is 4.13. The van der Waals surface area contributed by atoms with Gasteiger partial charge in [0.25, 0.3) is 0 Å². The van der Waals surface area contributed by atoms with Crippen LogP contribution in [0, 0.1) is 0 Å². The number of ether oxygens (including phenoxy) is 2. The van der Waals surface area contributed by atoms with Crippen LogP contribution in [0.5, 0.6) is 11.5 Å². The molecule has 4 nitrogen and oxygen atoms in total. The van der Waals surface area contributed by atoms with Crippen molar-refractivity contribution in [2.24, 2.45) is 0 Å². The lowest BCUT2D eigenvalue weighted by Crippen LogP contribution is -3.13. The van der Waals surface area contributed by atoms with E-state index in [4.69, 9.17) is 9.47 Å². The van der Waals surface area contributed by atoms with Crippen molar-refractivity contribution in [2.45, 2.75) is 38.2 Å². The SMILES string of the molecule is CC(C[NH+]1CCCCC1)OC(=O)C1c2ccccc2Oc2ccccc21. The predicted octanol–water partition coefficient (Wildman–Crippen LogP) is 2.92. The van der Waals surface area contributed by atoms with Crippen molar-refractivity contribution in [3.63, 3.8) is 0 Å². The van der Waals surface area contributed by atoms with Crippen LogP contribution in [0.4, 0.5) is 0 Å². The molecule has 0 radical (unpaired) electrons. The summed E-state index contributed by atoms with van der Waals surface area (Å²) in [7, 11) is 0. The molecule has 1 atom stereocenters. The third kappa shape index (κ3) is 3.47. The van der Waals surface area contributed by atoms with Gasteiger partial charge in [-0.3, -0.25) is 4.79 Å². The third-order valence-corrected chi connectivity index (χ3v) is 5.37. The fraction of sp³-hybridized carbons (Fsp3) is 0.409. The minimum Gasteiger partial charge on any atom is -0.457 e. The maximum atomic E-state index is 13.1. The molecule has 1 saturated heterocycles. The standard InChI is InChI=1S/C22H25NO3/c1-16(15-23-13-7-2-8-14-23)25-22(24)21-17-9-3-5-11-19(17)26-20-12-6-4-10-18(20)21/h3-6,9-12,16,21H,2,7-8,13-15H2,1H3/p+1. The molecule has 0 spiro atoms. The summed E-state index contributed by atoms with van der Waals surface area (Å²) >= 11 is 0. The van der Waals surface area contributed by atoms with E-state index in [0.29, 0.717) is 0 Å². The largest absolute Gasteiger partial charge is 0.457 e. The van der Waals surface area contributed by atoms with Gasteiger partial charge in [0.05, 0.1) is 13.1 Å². The Morgan fingerprint density at radius 1 is 1.04 bits per heavy atom. The highest BCUT2D eigenvalue weighted by Crippen LogP contribution is 2.44. The summed E-state index contributed by atoms with van der Waals surface area (Å²) in [6.45, 7) is 5.27. The number of hydrogen-bond donors (Lipinski definition) is 1. The number of para-hydroxylation sites is 2. The van der Waals surface area contributed by atoms with Gasteiger partial charge in [0.1, 0.15) is 30.1 Å². The molecule has 1 unspecified atom stereocenters. The number of fused-ring (bicyclic) bond motifs is 2. The number of nitrogens with one attached hydrogen (secondary N) is 1. The van der Waals surface area contributed by atoms with E-state index in [1.165, 1.54) is 32.4 Å². The number of esters is 1. The maximum absolute atomic E-state index is 13.1. The molecule has 4 heteroatoms. The van der Waals surface area contributed by atoms with Gasteiger partial charge in [-0.15, -0.1) is 0 Å². The zero-order chi connectivity index (χ0) is 17.9. The van der Waals surface area contributed by atoms with Crippen molar-refractivity contribution in [2.75, 3.05) is 19.6 Å². The first kappa shape index (κ1) is 17.1. The fourth-order valence-electron chi connectivity index (χ4n) is 4.13. The zero-order valence-corrected chi connectivity index (χ0v) is 15.2. The van der Waals surface area contributed by atoms with Crippen molar-refractivity contribution in [1.29, 1.82) is 0 Å². The molecule has 136 valence electrons. The van der Waals surface area contributed by atoms with Crippen molar-refractivity contribution in [1.82, 2.24) is 0 Å². The molecular weight excluding hydrogens is 326 g/mol. The molecule has 0 saturated carbocycles. The summed E-state index contributed by atoms with van der Waals surface area (Å²) in [5.74, 6) is 0.872. The van der Waals surface area contributed by atoms with Gasteiger partial charge >= 0.3 is 5.97 Å². The number of benzene rings is 2. The van der Waals surface area contributed by atoms with Crippen LogP contribution in [-0.2, 0) is 9.53 Å². The number of hydrogen-bond acceptors (Lipinski definition) is 3. The second-order valence-electron chi connectivity index (χ2n) is 7.37. The van der Waals surface area contributed by atoms with Crippen LogP contribution in [0.3, 0.4) is 0 Å². The van der Waals surface area contributed by atoms with Gasteiger partial charge in [-0.25, -0.2) is 0 Å². The average molecular weight is 352 g/mol. The van der Waals surface area contributed by atoms with Gasteiger partial charge in [-0.05, 0) is 38.3 Å². The van der Waals surface area contributed by atoms with Crippen LogP contribution >= 0.6 is 0 Å². The molecule has 1 fully saturated rings. The molecule has 0 aromatic heterocycles. The lowest BCUT2D eigenvalue weighted by molar-refractivity contribution is -0.907. The Balaban J connectivity index is 1.53. The van der Waals surface area contributed by atoms with Crippen molar-refractivity contribution < 1.29 is 19.2 Å². The molecule has 1 N–H and O–H groups in total. The van der Waals surface area contributed by atoms with Gasteiger partial charge in [0.15, 0.2) is 0 Å². The Hall–Kier alpha value is -2.33. The van der Waals surface area contributed by atoms with Crippen LogP contribution in [0.2, 0.25) is 0 Å². The van der Waals surface area contributed by atoms with Crippen molar-refractivity contribution in [3.05, 3.63) is 59.7 Å². The second kappa shape index (κ2) is 7.50. The Morgan fingerprint density at radius 2 is 1.62 bits per heavy atom. The predicted molar refractivity (Wildman–Crippen MR) is 99.8 cm³/mol. The first-order valence-electron chi connectivity index (χ1n) is 9.62. The topological polar surface area (TPSA) is 40.0 Å². The van der Waals surface area contributed by atoms with Crippen LogP contribution < -0.4 is 9.64 Å². The van der Waals surface area contributed by atoms with E-state index >= 15 is 0 Å². The normalized spacial score (nSPS) is 18.3. The van der Waals surface area contributed by atoms with Gasteiger partial charge in [-0.2, -0.15) is 0 Å². The van der Waals surface area contributed by atoms with E-state index in [9.17, 15) is 4.79 Å². The Bertz CT molecular complexity index is 737. The Labute approximate surface area is 154 Å². The van der Waals surface area contributed by atoms with E-state index in [1.807, 2.05) is 55.5 Å². The van der Waals surface area contributed by atoms with Crippen LogP contribution in [0.25, 0.3) is 0 Å². The van der Waals surface area contributed by atoms with Crippen molar-refractivity contribution >= 4 is 5.97 Å². The molecular formula is C22H26NO3+. The van der Waals surface area contributed by atoms with Crippen LogP contribution in [0.1, 0.15) is 43.2 Å². The summed E-state index contributed by atoms with van der Waals surface area (Å²) < 4.78 is 11.9. The molecule has 2 heterocycles. The van der Waals surface area contributed by atoms with E-state index in [0.717, 1.165) is 29.2 Å². The van der Waals surface area contributed by atoms with E-state index < -0.39 is 5.92 Å². The molecule has 2 aromatic carbocycles. The highest BCUT2D eigenvalue weighted by Gasteiger charge is 2.34. The summed E-state index contributed by atoms with van der Waals surface area (Å²) in [4.78, 5) is 14.6. The molecule has 2 aliphatic heterocycles. The molecule has 4 rings (SSSR count). The van der Waals surface area contributed by atoms with Gasteiger partial charge < -0.3 is 14.4 Å². The number of quaternary nitrogens is 1. The van der Waals surface area contributed by atoms with E-state index in [1.54, 1.807) is 4.90 Å². The highest BCUT2D eigenvalue weighted by atomic mass is 16.5. The second-order valence-corrected chi connectivity index (χ2v) is 7.37. The molecule has 0 amide bonds. The Kier molecular flexibility index (Phi) is 4.93. The number of carbonyl (C=O) groups is 1.